The van der Waals surface area contributed by atoms with Crippen LogP contribution in [0, 0.1) is 12.8 Å². The van der Waals surface area contributed by atoms with E-state index in [0.29, 0.717) is 0 Å². The second-order valence-corrected chi connectivity index (χ2v) is 5.00. The molecule has 1 saturated carbocycles. The van der Waals surface area contributed by atoms with E-state index in [4.69, 9.17) is 5.11 Å². The van der Waals surface area contributed by atoms with Crippen LogP contribution in [0.2, 0.25) is 0 Å². The van der Waals surface area contributed by atoms with Crippen molar-refractivity contribution >= 4 is 17.7 Å². The van der Waals surface area contributed by atoms with E-state index in [1.54, 1.807) is 7.05 Å². The smallest absolute Gasteiger partial charge is 0.326 e. The van der Waals surface area contributed by atoms with Gasteiger partial charge in [-0.25, -0.2) is 9.59 Å². The van der Waals surface area contributed by atoms with Gasteiger partial charge in [0.05, 0.1) is 0 Å². The summed E-state index contributed by atoms with van der Waals surface area (Å²) in [6.45, 7) is 1.94. The molecule has 2 amide bonds. The number of rotatable bonds is 4. The minimum Gasteiger partial charge on any atom is -0.480 e. The first-order chi connectivity index (χ1) is 8.99. The number of amides is 2. The third-order valence-corrected chi connectivity index (χ3v) is 3.33. The Hall–Kier alpha value is -2.04. The molecule has 0 saturated heterocycles. The maximum Gasteiger partial charge on any atom is 0.326 e. The molecular formula is C14H18N2O3. The Kier molecular flexibility index (Phi) is 3.74. The van der Waals surface area contributed by atoms with E-state index >= 15 is 0 Å². The molecule has 1 aliphatic carbocycles. The summed E-state index contributed by atoms with van der Waals surface area (Å²) < 4.78 is 0. The van der Waals surface area contributed by atoms with Gasteiger partial charge in [0, 0.05) is 12.7 Å². The first-order valence-electron chi connectivity index (χ1n) is 6.32. The molecule has 1 unspecified atom stereocenters. The molecule has 1 aromatic rings. The van der Waals surface area contributed by atoms with E-state index in [-0.39, 0.29) is 11.9 Å². The molecule has 0 bridgehead atoms. The lowest BCUT2D eigenvalue weighted by molar-refractivity contribution is -0.139. The Morgan fingerprint density at radius 2 is 2.11 bits per heavy atom. The first-order valence-corrected chi connectivity index (χ1v) is 6.32. The number of carboxylic acid groups (broad SMARTS) is 1. The number of carboxylic acids is 1. The van der Waals surface area contributed by atoms with Gasteiger partial charge in [-0.05, 0) is 43.4 Å². The predicted octanol–water partition coefficient (Wildman–Crippen LogP) is 2.00. The molecular weight excluding hydrogens is 244 g/mol. The van der Waals surface area contributed by atoms with Gasteiger partial charge in [0.25, 0.3) is 0 Å². The number of aliphatic carboxylic acids is 1. The molecule has 19 heavy (non-hydrogen) atoms. The predicted molar refractivity (Wildman–Crippen MR) is 72.3 cm³/mol. The average molecular weight is 262 g/mol. The Labute approximate surface area is 112 Å². The van der Waals surface area contributed by atoms with Gasteiger partial charge in [-0.2, -0.15) is 0 Å². The Morgan fingerprint density at radius 1 is 1.42 bits per heavy atom. The third kappa shape index (κ3) is 3.24. The average Bonchev–Trinajstić information content (AvgIpc) is 3.18. The molecule has 0 aliphatic heterocycles. The third-order valence-electron chi connectivity index (χ3n) is 3.33. The van der Waals surface area contributed by atoms with Crippen molar-refractivity contribution in [2.75, 3.05) is 11.9 Å². The van der Waals surface area contributed by atoms with Crippen molar-refractivity contribution in [3.8, 4) is 0 Å². The van der Waals surface area contributed by atoms with E-state index in [9.17, 15) is 9.59 Å². The van der Waals surface area contributed by atoms with E-state index in [0.717, 1.165) is 24.1 Å². The van der Waals surface area contributed by atoms with Crippen LogP contribution in [0.3, 0.4) is 0 Å². The molecule has 5 nitrogen and oxygen atoms in total. The topological polar surface area (TPSA) is 69.6 Å². The quantitative estimate of drug-likeness (QED) is 0.872. The number of urea groups is 1. The van der Waals surface area contributed by atoms with Gasteiger partial charge in [0.2, 0.25) is 0 Å². The lowest BCUT2D eigenvalue weighted by Gasteiger charge is -2.21. The molecule has 0 radical (unpaired) electrons. The summed E-state index contributed by atoms with van der Waals surface area (Å²) in [5.74, 6) is -0.888. The minimum atomic E-state index is -0.964. The molecule has 1 fully saturated rings. The number of hydrogen-bond donors (Lipinski definition) is 2. The molecule has 0 heterocycles. The van der Waals surface area contributed by atoms with Crippen molar-refractivity contribution in [3.63, 3.8) is 0 Å². The fourth-order valence-corrected chi connectivity index (χ4v) is 1.99. The zero-order valence-electron chi connectivity index (χ0n) is 11.1. The number of carbonyl (C=O) groups excluding carboxylic acids is 1. The number of aryl methyl sites for hydroxylation is 1. The highest BCUT2D eigenvalue weighted by Crippen LogP contribution is 2.32. The molecule has 5 heteroatoms. The maximum atomic E-state index is 12.1. The van der Waals surface area contributed by atoms with Crippen LogP contribution in [0.5, 0.6) is 0 Å². The standard InChI is InChI=1S/C14H18N2O3/c1-9-4-3-5-11(8-9)16(2)14(19)15-12(13(17)18)10-6-7-10/h3-5,8,10,12H,6-7H2,1-2H3,(H,15,19)(H,17,18). The summed E-state index contributed by atoms with van der Waals surface area (Å²) in [5, 5.41) is 11.7. The lowest BCUT2D eigenvalue weighted by atomic mass is 10.2. The largest absolute Gasteiger partial charge is 0.480 e. The van der Waals surface area contributed by atoms with Crippen LogP contribution in [0.15, 0.2) is 24.3 Å². The van der Waals surface area contributed by atoms with Gasteiger partial charge in [-0.3, -0.25) is 4.90 Å². The van der Waals surface area contributed by atoms with E-state index in [1.165, 1.54) is 4.90 Å². The number of carbonyl (C=O) groups is 2. The number of nitrogens with one attached hydrogen (secondary N) is 1. The fraction of sp³-hybridized carbons (Fsp3) is 0.429. The van der Waals surface area contributed by atoms with Crippen molar-refractivity contribution in [1.82, 2.24) is 5.32 Å². The van der Waals surface area contributed by atoms with Crippen LogP contribution in [0.1, 0.15) is 18.4 Å². The summed E-state index contributed by atoms with van der Waals surface area (Å²) in [6, 6.07) is 6.35. The van der Waals surface area contributed by atoms with Crippen LogP contribution >= 0.6 is 0 Å². The van der Waals surface area contributed by atoms with Gasteiger partial charge < -0.3 is 10.4 Å². The molecule has 1 atom stereocenters. The summed E-state index contributed by atoms with van der Waals surface area (Å²) in [4.78, 5) is 24.6. The van der Waals surface area contributed by atoms with Crippen LogP contribution in [-0.2, 0) is 4.79 Å². The van der Waals surface area contributed by atoms with Gasteiger partial charge in [0.1, 0.15) is 6.04 Å². The number of benzene rings is 1. The highest BCUT2D eigenvalue weighted by atomic mass is 16.4. The van der Waals surface area contributed by atoms with Crippen molar-refractivity contribution in [3.05, 3.63) is 29.8 Å². The normalized spacial score (nSPS) is 15.7. The Bertz CT molecular complexity index is 497. The molecule has 1 aliphatic rings. The van der Waals surface area contributed by atoms with Crippen molar-refractivity contribution in [2.24, 2.45) is 5.92 Å². The monoisotopic (exact) mass is 262 g/mol. The molecule has 0 aromatic heterocycles. The summed E-state index contributed by atoms with van der Waals surface area (Å²) in [6.07, 6.45) is 1.73. The first kappa shape index (κ1) is 13.4. The van der Waals surface area contributed by atoms with Gasteiger partial charge in [-0.1, -0.05) is 12.1 Å². The SMILES string of the molecule is Cc1cccc(N(C)C(=O)NC(C(=O)O)C2CC2)c1. The lowest BCUT2D eigenvalue weighted by Crippen LogP contribution is -2.48. The second-order valence-electron chi connectivity index (χ2n) is 5.00. The molecule has 0 spiro atoms. The van der Waals surface area contributed by atoms with Crippen LogP contribution in [0.25, 0.3) is 0 Å². The van der Waals surface area contributed by atoms with Crippen LogP contribution in [-0.4, -0.2) is 30.2 Å². The van der Waals surface area contributed by atoms with E-state index in [2.05, 4.69) is 5.32 Å². The number of anilines is 1. The van der Waals surface area contributed by atoms with Crippen molar-refractivity contribution in [1.29, 1.82) is 0 Å². The van der Waals surface area contributed by atoms with Crippen molar-refractivity contribution in [2.45, 2.75) is 25.8 Å². The number of nitrogens with zero attached hydrogens (tertiary/aromatic N) is 1. The zero-order chi connectivity index (χ0) is 14.0. The van der Waals surface area contributed by atoms with E-state index < -0.39 is 12.0 Å². The van der Waals surface area contributed by atoms with Gasteiger partial charge in [0.15, 0.2) is 0 Å². The molecule has 2 N–H and O–H groups in total. The molecule has 2 rings (SSSR count). The summed E-state index contributed by atoms with van der Waals surface area (Å²) in [5.41, 5.74) is 1.80. The number of hydrogen-bond acceptors (Lipinski definition) is 2. The van der Waals surface area contributed by atoms with Crippen molar-refractivity contribution < 1.29 is 14.7 Å². The summed E-state index contributed by atoms with van der Waals surface area (Å²) in [7, 11) is 1.63. The summed E-state index contributed by atoms with van der Waals surface area (Å²) >= 11 is 0. The Morgan fingerprint density at radius 3 is 2.63 bits per heavy atom. The minimum absolute atomic E-state index is 0.0763. The van der Waals surface area contributed by atoms with Gasteiger partial charge >= 0.3 is 12.0 Å². The Balaban J connectivity index is 2.04. The highest BCUT2D eigenvalue weighted by Gasteiger charge is 2.37. The molecule has 102 valence electrons. The highest BCUT2D eigenvalue weighted by molar-refractivity contribution is 5.94. The van der Waals surface area contributed by atoms with Crippen LogP contribution < -0.4 is 10.2 Å². The fourth-order valence-electron chi connectivity index (χ4n) is 1.99. The van der Waals surface area contributed by atoms with Crippen LogP contribution in [0.4, 0.5) is 10.5 Å². The zero-order valence-corrected chi connectivity index (χ0v) is 11.1. The van der Waals surface area contributed by atoms with Gasteiger partial charge in [-0.15, -0.1) is 0 Å². The second kappa shape index (κ2) is 5.30. The molecule has 1 aromatic carbocycles. The maximum absolute atomic E-state index is 12.1. The van der Waals surface area contributed by atoms with E-state index in [1.807, 2.05) is 31.2 Å².